The first-order valence-electron chi connectivity index (χ1n) is 6.31. The number of benzene rings is 1. The number of rotatable bonds is 4. The molecule has 1 aromatic rings. The number of thioether (sulfide) groups is 1. The topological polar surface area (TPSA) is 55.1 Å². The van der Waals surface area contributed by atoms with E-state index in [0.29, 0.717) is 16.9 Å². The molecule has 3 N–H and O–H groups in total. The molecule has 1 fully saturated rings. The van der Waals surface area contributed by atoms with E-state index in [2.05, 4.69) is 23.4 Å². The molecule has 0 aliphatic heterocycles. The van der Waals surface area contributed by atoms with E-state index >= 15 is 0 Å². The van der Waals surface area contributed by atoms with E-state index in [1.807, 2.05) is 23.9 Å². The molecule has 0 radical (unpaired) electrons. The van der Waals surface area contributed by atoms with Gasteiger partial charge in [0, 0.05) is 22.4 Å². The number of carbonyl (C=O) groups is 1. The Morgan fingerprint density at radius 2 is 2.11 bits per heavy atom. The van der Waals surface area contributed by atoms with Crippen LogP contribution in [0.25, 0.3) is 0 Å². The number of amides is 1. The van der Waals surface area contributed by atoms with E-state index in [0.717, 1.165) is 12.1 Å². The summed E-state index contributed by atoms with van der Waals surface area (Å²) in [4.78, 5) is 12.0. The molecule has 1 amide bonds. The lowest BCUT2D eigenvalue weighted by molar-refractivity contribution is 0.0953. The smallest absolute Gasteiger partial charge is 0.251 e. The molecule has 19 heavy (non-hydrogen) atoms. The first-order chi connectivity index (χ1) is 9.19. The van der Waals surface area contributed by atoms with Crippen LogP contribution in [0.2, 0.25) is 0 Å². The van der Waals surface area contributed by atoms with Crippen LogP contribution in [0.4, 0.5) is 0 Å². The third-order valence-corrected chi connectivity index (χ3v) is 4.71. The van der Waals surface area contributed by atoms with Gasteiger partial charge in [-0.05, 0) is 43.4 Å². The van der Waals surface area contributed by atoms with E-state index in [1.54, 1.807) is 12.1 Å². The van der Waals surface area contributed by atoms with Crippen molar-refractivity contribution in [3.63, 3.8) is 0 Å². The summed E-state index contributed by atoms with van der Waals surface area (Å²) in [5, 5.41) is 3.00. The Hall–Kier alpha value is -1.44. The largest absolute Gasteiger partial charge is 0.351 e. The van der Waals surface area contributed by atoms with Gasteiger partial charge >= 0.3 is 0 Å². The second kappa shape index (κ2) is 6.14. The second-order valence-corrected chi connectivity index (χ2v) is 5.93. The van der Waals surface area contributed by atoms with E-state index in [4.69, 9.17) is 5.73 Å². The molecule has 0 atom stereocenters. The lowest BCUT2D eigenvalue weighted by atomic mass is 10.1. The number of hydrogen-bond donors (Lipinski definition) is 2. The third-order valence-electron chi connectivity index (χ3n) is 3.29. The molecule has 0 unspecified atom stereocenters. The van der Waals surface area contributed by atoms with Crippen LogP contribution in [-0.4, -0.2) is 30.0 Å². The molecule has 1 saturated carbocycles. The summed E-state index contributed by atoms with van der Waals surface area (Å²) in [7, 11) is 0. The molecule has 100 valence electrons. The van der Waals surface area contributed by atoms with E-state index < -0.39 is 0 Å². The Kier molecular flexibility index (Phi) is 4.52. The number of nitrogens with two attached hydrogens (primary N) is 1. The van der Waals surface area contributed by atoms with Gasteiger partial charge in [0.15, 0.2) is 0 Å². The highest BCUT2D eigenvalue weighted by Crippen LogP contribution is 2.46. The quantitative estimate of drug-likeness (QED) is 0.820. The number of nitrogens with one attached hydrogen (secondary N) is 1. The van der Waals surface area contributed by atoms with Gasteiger partial charge in [0.25, 0.3) is 5.91 Å². The van der Waals surface area contributed by atoms with Crippen molar-refractivity contribution in [1.29, 1.82) is 0 Å². The fourth-order valence-corrected chi connectivity index (χ4v) is 2.52. The van der Waals surface area contributed by atoms with E-state index in [-0.39, 0.29) is 5.91 Å². The van der Waals surface area contributed by atoms with Crippen molar-refractivity contribution in [2.45, 2.75) is 17.6 Å². The Bertz CT molecular complexity index is 509. The molecule has 3 nitrogen and oxygen atoms in total. The van der Waals surface area contributed by atoms with Crippen LogP contribution in [0.1, 0.15) is 28.8 Å². The molecule has 0 spiro atoms. The molecule has 1 aliphatic carbocycles. The van der Waals surface area contributed by atoms with Gasteiger partial charge in [-0.3, -0.25) is 4.79 Å². The van der Waals surface area contributed by atoms with Crippen LogP contribution in [0.3, 0.4) is 0 Å². The third kappa shape index (κ3) is 3.76. The highest BCUT2D eigenvalue weighted by molar-refractivity contribution is 8.00. The van der Waals surface area contributed by atoms with Gasteiger partial charge in [-0.2, -0.15) is 11.8 Å². The lowest BCUT2D eigenvalue weighted by Crippen LogP contribution is -2.31. The maximum absolute atomic E-state index is 12.0. The maximum Gasteiger partial charge on any atom is 0.251 e. The fourth-order valence-electron chi connectivity index (χ4n) is 1.79. The summed E-state index contributed by atoms with van der Waals surface area (Å²) in [6, 6.07) is 7.29. The van der Waals surface area contributed by atoms with Crippen LogP contribution in [0.15, 0.2) is 24.3 Å². The standard InChI is InChI=1S/C15H18N2OS/c1-19-15(8-9-15)11-17-14(18)13-6-4-12(5-7-13)3-2-10-16/h4-7H,8-11,16H2,1H3,(H,17,18). The van der Waals surface area contributed by atoms with Crippen molar-refractivity contribution in [1.82, 2.24) is 5.32 Å². The van der Waals surface area contributed by atoms with Crippen molar-refractivity contribution in [3.05, 3.63) is 35.4 Å². The fraction of sp³-hybridized carbons (Fsp3) is 0.400. The highest BCUT2D eigenvalue weighted by atomic mass is 32.2. The molecular weight excluding hydrogens is 256 g/mol. The molecular formula is C15H18N2OS. The predicted molar refractivity (Wildman–Crippen MR) is 80.2 cm³/mol. The van der Waals surface area contributed by atoms with Crippen molar-refractivity contribution in [3.8, 4) is 11.8 Å². The normalized spacial score (nSPS) is 15.3. The van der Waals surface area contributed by atoms with Gasteiger partial charge in [0.05, 0.1) is 6.54 Å². The minimum Gasteiger partial charge on any atom is -0.351 e. The molecule has 0 aromatic heterocycles. The molecule has 0 saturated heterocycles. The van der Waals surface area contributed by atoms with Crippen molar-refractivity contribution >= 4 is 17.7 Å². The molecule has 4 heteroatoms. The van der Waals surface area contributed by atoms with Gasteiger partial charge in [-0.15, -0.1) is 0 Å². The average Bonchev–Trinajstić information content (AvgIpc) is 3.24. The summed E-state index contributed by atoms with van der Waals surface area (Å²) < 4.78 is 0.294. The van der Waals surface area contributed by atoms with Gasteiger partial charge in [-0.25, -0.2) is 0 Å². The van der Waals surface area contributed by atoms with Crippen LogP contribution < -0.4 is 11.1 Å². The van der Waals surface area contributed by atoms with Crippen molar-refractivity contribution in [2.24, 2.45) is 5.73 Å². The Morgan fingerprint density at radius 3 is 2.63 bits per heavy atom. The van der Waals surface area contributed by atoms with Crippen LogP contribution in [0.5, 0.6) is 0 Å². The number of hydrogen-bond acceptors (Lipinski definition) is 3. The molecule has 1 aromatic carbocycles. The van der Waals surface area contributed by atoms with Crippen LogP contribution in [-0.2, 0) is 0 Å². The monoisotopic (exact) mass is 274 g/mol. The first kappa shape index (κ1) is 14.0. The summed E-state index contributed by atoms with van der Waals surface area (Å²) in [5.41, 5.74) is 6.87. The zero-order valence-electron chi connectivity index (χ0n) is 11.0. The molecule has 2 rings (SSSR count). The summed E-state index contributed by atoms with van der Waals surface area (Å²) >= 11 is 1.84. The van der Waals surface area contributed by atoms with Gasteiger partial charge < -0.3 is 11.1 Å². The van der Waals surface area contributed by atoms with Crippen LogP contribution >= 0.6 is 11.8 Å². The van der Waals surface area contributed by atoms with Crippen molar-refractivity contribution < 1.29 is 4.79 Å². The maximum atomic E-state index is 12.0. The average molecular weight is 274 g/mol. The molecule has 0 bridgehead atoms. The zero-order chi connectivity index (χ0) is 13.7. The summed E-state index contributed by atoms with van der Waals surface area (Å²) in [6.45, 7) is 1.10. The van der Waals surface area contributed by atoms with Crippen LogP contribution in [0, 0.1) is 11.8 Å². The summed E-state index contributed by atoms with van der Waals surface area (Å²) in [5.74, 6) is 5.71. The highest BCUT2D eigenvalue weighted by Gasteiger charge is 2.41. The molecule has 0 heterocycles. The van der Waals surface area contributed by atoms with Gasteiger partial charge in [0.1, 0.15) is 0 Å². The Balaban J connectivity index is 1.92. The minimum absolute atomic E-state index is 0.0151. The Labute approximate surface area is 118 Å². The van der Waals surface area contributed by atoms with Gasteiger partial charge in [0.2, 0.25) is 0 Å². The zero-order valence-corrected chi connectivity index (χ0v) is 11.8. The lowest BCUT2D eigenvalue weighted by Gasteiger charge is -2.12. The van der Waals surface area contributed by atoms with E-state index in [9.17, 15) is 4.79 Å². The SMILES string of the molecule is CSC1(CNC(=O)c2ccc(C#CCN)cc2)CC1. The first-order valence-corrected chi connectivity index (χ1v) is 7.54. The van der Waals surface area contributed by atoms with E-state index in [1.165, 1.54) is 12.8 Å². The predicted octanol–water partition coefficient (Wildman–Crippen LogP) is 1.62. The number of carbonyl (C=O) groups excluding carboxylic acids is 1. The van der Waals surface area contributed by atoms with Gasteiger partial charge in [-0.1, -0.05) is 11.8 Å². The molecule has 1 aliphatic rings. The Morgan fingerprint density at radius 1 is 1.42 bits per heavy atom. The minimum atomic E-state index is -0.0151. The second-order valence-electron chi connectivity index (χ2n) is 4.65. The van der Waals surface area contributed by atoms with Crippen molar-refractivity contribution in [2.75, 3.05) is 19.3 Å². The summed E-state index contributed by atoms with van der Waals surface area (Å²) in [6.07, 6.45) is 4.49.